The van der Waals surface area contributed by atoms with Crippen LogP contribution in [0.4, 0.5) is 0 Å². The summed E-state index contributed by atoms with van der Waals surface area (Å²) in [6.07, 6.45) is 7.63. The number of hydrogen-bond acceptors (Lipinski definition) is 4. The van der Waals surface area contributed by atoms with Crippen LogP contribution in [0, 0.1) is 34.5 Å². The molecule has 1 amide bonds. The number of piperidine rings is 1. The van der Waals surface area contributed by atoms with Crippen LogP contribution < -0.4 is 5.32 Å². The Balaban J connectivity index is 1.54. The summed E-state index contributed by atoms with van der Waals surface area (Å²) in [7, 11) is 0. The topological polar surface area (TPSA) is 67.8 Å². The van der Waals surface area contributed by atoms with Gasteiger partial charge in [0, 0.05) is 29.4 Å². The standard InChI is InChI=1S/C23H35NO4/c1-20-10-9-18(25)24-17(20)8-5-14-15-6-7-16(23(4)27-11-12-28-23)21(15,2)13-22(3,26)19(14)20/h8,14-16,19,26H,5-7,9-13H2,1-4H3,(H,24,25)/t14?,15?,16-,19?,20-,21-,22?/m0/s1. The van der Waals surface area contributed by atoms with E-state index >= 15 is 0 Å². The molecule has 5 nitrogen and oxygen atoms in total. The predicted molar refractivity (Wildman–Crippen MR) is 105 cm³/mol. The zero-order valence-electron chi connectivity index (χ0n) is 17.7. The third-order valence-electron chi connectivity index (χ3n) is 9.30. The molecule has 7 atom stereocenters. The molecule has 0 aromatic rings. The van der Waals surface area contributed by atoms with Crippen molar-refractivity contribution in [3.05, 3.63) is 11.8 Å². The van der Waals surface area contributed by atoms with E-state index in [1.54, 1.807) is 0 Å². The summed E-state index contributed by atoms with van der Waals surface area (Å²) < 4.78 is 12.2. The van der Waals surface area contributed by atoms with Crippen LogP contribution in [0.25, 0.3) is 0 Å². The fourth-order valence-electron chi connectivity index (χ4n) is 8.57. The molecular formula is C23H35NO4. The molecule has 3 aliphatic carbocycles. The molecule has 156 valence electrons. The minimum atomic E-state index is -0.774. The molecule has 0 radical (unpaired) electrons. The molecule has 2 aliphatic heterocycles. The first-order valence-corrected chi connectivity index (χ1v) is 11.1. The van der Waals surface area contributed by atoms with E-state index in [4.69, 9.17) is 9.47 Å². The highest BCUT2D eigenvalue weighted by molar-refractivity contribution is 5.79. The van der Waals surface area contributed by atoms with Gasteiger partial charge >= 0.3 is 0 Å². The molecular weight excluding hydrogens is 354 g/mol. The van der Waals surface area contributed by atoms with Gasteiger partial charge in [-0.25, -0.2) is 0 Å². The first kappa shape index (κ1) is 19.1. The summed E-state index contributed by atoms with van der Waals surface area (Å²) in [5, 5.41) is 15.0. The highest BCUT2D eigenvalue weighted by Gasteiger charge is 2.68. The lowest BCUT2D eigenvalue weighted by Gasteiger charge is -2.63. The Morgan fingerprint density at radius 2 is 1.86 bits per heavy atom. The zero-order chi connectivity index (χ0) is 19.9. The number of aliphatic hydroxyl groups is 1. The van der Waals surface area contributed by atoms with Crippen molar-refractivity contribution in [2.45, 2.75) is 77.6 Å². The third kappa shape index (κ3) is 2.39. The van der Waals surface area contributed by atoms with Crippen LogP contribution in [0.3, 0.4) is 0 Å². The van der Waals surface area contributed by atoms with Crippen LogP contribution in [0.2, 0.25) is 0 Å². The summed E-state index contributed by atoms with van der Waals surface area (Å²) in [6, 6.07) is 0. The van der Waals surface area contributed by atoms with Gasteiger partial charge in [-0.15, -0.1) is 0 Å². The maximum absolute atomic E-state index is 12.0. The number of carbonyl (C=O) groups excluding carboxylic acids is 1. The normalized spacial score (nSPS) is 52.3. The number of nitrogens with one attached hydrogen (secondary N) is 1. The second kappa shape index (κ2) is 5.83. The largest absolute Gasteiger partial charge is 0.390 e. The van der Waals surface area contributed by atoms with E-state index in [0.717, 1.165) is 31.4 Å². The van der Waals surface area contributed by atoms with Gasteiger partial charge in [0.05, 0.1) is 18.8 Å². The van der Waals surface area contributed by atoms with Crippen molar-refractivity contribution in [3.8, 4) is 0 Å². The second-order valence-corrected chi connectivity index (χ2v) is 10.9. The van der Waals surface area contributed by atoms with E-state index in [1.165, 1.54) is 6.42 Å². The predicted octanol–water partition coefficient (Wildman–Crippen LogP) is 3.37. The maximum Gasteiger partial charge on any atom is 0.224 e. The highest BCUT2D eigenvalue weighted by atomic mass is 16.7. The van der Waals surface area contributed by atoms with Crippen molar-refractivity contribution in [3.63, 3.8) is 0 Å². The molecule has 4 fully saturated rings. The van der Waals surface area contributed by atoms with E-state index in [2.05, 4.69) is 32.2 Å². The van der Waals surface area contributed by atoms with Crippen LogP contribution >= 0.6 is 0 Å². The van der Waals surface area contributed by atoms with E-state index in [-0.39, 0.29) is 22.7 Å². The van der Waals surface area contributed by atoms with E-state index in [1.807, 2.05) is 6.92 Å². The van der Waals surface area contributed by atoms with Crippen molar-refractivity contribution in [2.24, 2.45) is 34.5 Å². The molecule has 4 unspecified atom stereocenters. The Hall–Kier alpha value is -0.910. The Morgan fingerprint density at radius 3 is 2.57 bits per heavy atom. The number of rotatable bonds is 1. The molecule has 2 heterocycles. The fourth-order valence-corrected chi connectivity index (χ4v) is 8.57. The smallest absolute Gasteiger partial charge is 0.224 e. The third-order valence-corrected chi connectivity index (χ3v) is 9.30. The maximum atomic E-state index is 12.0. The molecule has 2 N–H and O–H groups in total. The molecule has 0 aromatic carbocycles. The molecule has 0 spiro atoms. The van der Waals surface area contributed by atoms with Gasteiger partial charge in [0.25, 0.3) is 0 Å². The van der Waals surface area contributed by atoms with Crippen LogP contribution in [0.5, 0.6) is 0 Å². The Morgan fingerprint density at radius 1 is 1.14 bits per heavy atom. The lowest BCUT2D eigenvalue weighted by atomic mass is 9.44. The van der Waals surface area contributed by atoms with Crippen LogP contribution in [0.1, 0.15) is 66.2 Å². The van der Waals surface area contributed by atoms with Gasteiger partial charge in [-0.3, -0.25) is 4.79 Å². The Kier molecular flexibility index (Phi) is 3.97. The summed E-state index contributed by atoms with van der Waals surface area (Å²) in [4.78, 5) is 12.0. The molecule has 28 heavy (non-hydrogen) atoms. The zero-order valence-corrected chi connectivity index (χ0v) is 17.7. The first-order chi connectivity index (χ1) is 13.1. The van der Waals surface area contributed by atoms with Crippen molar-refractivity contribution in [1.29, 1.82) is 0 Å². The molecule has 0 aromatic heterocycles. The van der Waals surface area contributed by atoms with Gasteiger partial charge in [-0.1, -0.05) is 19.9 Å². The molecule has 5 aliphatic rings. The lowest BCUT2D eigenvalue weighted by Crippen LogP contribution is -2.63. The number of fused-ring (bicyclic) bond motifs is 5. The van der Waals surface area contributed by atoms with Crippen LogP contribution in [0.15, 0.2) is 11.8 Å². The highest BCUT2D eigenvalue weighted by Crippen LogP contribution is 2.69. The van der Waals surface area contributed by atoms with Gasteiger partial charge < -0.3 is 19.9 Å². The number of hydrogen-bond donors (Lipinski definition) is 2. The molecule has 2 saturated carbocycles. The molecule has 0 bridgehead atoms. The minimum Gasteiger partial charge on any atom is -0.390 e. The lowest BCUT2D eigenvalue weighted by molar-refractivity contribution is -0.237. The van der Waals surface area contributed by atoms with Crippen molar-refractivity contribution in [1.82, 2.24) is 5.32 Å². The first-order valence-electron chi connectivity index (χ1n) is 11.1. The minimum absolute atomic E-state index is 0.00335. The summed E-state index contributed by atoms with van der Waals surface area (Å²) in [5.41, 5.74) is 0.134. The van der Waals surface area contributed by atoms with Gasteiger partial charge in [-0.2, -0.15) is 0 Å². The fraction of sp³-hybridized carbons (Fsp3) is 0.870. The number of carbonyl (C=O) groups is 1. The van der Waals surface area contributed by atoms with E-state index in [0.29, 0.717) is 37.4 Å². The average molecular weight is 390 g/mol. The SMILES string of the molecule is CC1(O)C[C@@]2(C)C(CC[C@@H]2C2(C)OCCO2)C2CC=C3NC(=O)CC[C@]3(C)C21. The quantitative estimate of drug-likeness (QED) is 0.721. The van der Waals surface area contributed by atoms with Crippen LogP contribution in [-0.2, 0) is 14.3 Å². The number of ether oxygens (including phenoxy) is 2. The monoisotopic (exact) mass is 389 g/mol. The van der Waals surface area contributed by atoms with Gasteiger partial charge in [-0.05, 0) is 63.2 Å². The Labute approximate surface area is 168 Å². The second-order valence-electron chi connectivity index (χ2n) is 10.9. The summed E-state index contributed by atoms with van der Waals surface area (Å²) >= 11 is 0. The van der Waals surface area contributed by atoms with E-state index in [9.17, 15) is 9.90 Å². The van der Waals surface area contributed by atoms with Gasteiger partial charge in [0.2, 0.25) is 5.91 Å². The summed E-state index contributed by atoms with van der Waals surface area (Å²) in [6.45, 7) is 10.1. The van der Waals surface area contributed by atoms with Crippen LogP contribution in [-0.4, -0.2) is 35.6 Å². The van der Waals surface area contributed by atoms with Crippen molar-refractivity contribution >= 4 is 5.91 Å². The molecule has 5 heteroatoms. The van der Waals surface area contributed by atoms with Gasteiger partial charge in [0.1, 0.15) is 0 Å². The summed E-state index contributed by atoms with van der Waals surface area (Å²) in [5.74, 6) is 1.07. The van der Waals surface area contributed by atoms with Crippen molar-refractivity contribution < 1.29 is 19.4 Å². The molecule has 5 rings (SSSR count). The number of allylic oxidation sites excluding steroid dienone is 2. The van der Waals surface area contributed by atoms with Crippen molar-refractivity contribution in [2.75, 3.05) is 13.2 Å². The Bertz CT molecular complexity index is 724. The molecule has 2 saturated heterocycles. The van der Waals surface area contributed by atoms with Gasteiger partial charge in [0.15, 0.2) is 5.79 Å². The van der Waals surface area contributed by atoms with E-state index < -0.39 is 11.4 Å². The number of amides is 1. The average Bonchev–Trinajstić information content (AvgIpc) is 3.18.